The molecule has 5 heteroatoms. The zero-order chi connectivity index (χ0) is 16.2. The van der Waals surface area contributed by atoms with Gasteiger partial charge in [-0.1, -0.05) is 48.0 Å². The molecule has 3 rings (SSSR count). The molecule has 0 aliphatic heterocycles. The third-order valence-electron chi connectivity index (χ3n) is 3.42. The average Bonchev–Trinajstić information content (AvgIpc) is 2.57. The van der Waals surface area contributed by atoms with Crippen LogP contribution in [0.5, 0.6) is 5.75 Å². The smallest absolute Gasteiger partial charge is 0.166 e. The molecule has 0 saturated heterocycles. The highest BCUT2D eigenvalue weighted by molar-refractivity contribution is 6.31. The largest absolute Gasteiger partial charge is 0.485 e. The maximum Gasteiger partial charge on any atom is 0.166 e. The van der Waals surface area contributed by atoms with Crippen LogP contribution < -0.4 is 10.5 Å². The van der Waals surface area contributed by atoms with E-state index in [1.54, 1.807) is 24.4 Å². The predicted molar refractivity (Wildman–Crippen MR) is 89.8 cm³/mol. The third kappa shape index (κ3) is 3.43. The summed E-state index contributed by atoms with van der Waals surface area (Å²) in [6.07, 6.45) is 1.67. The van der Waals surface area contributed by atoms with E-state index in [0.717, 1.165) is 11.1 Å². The molecule has 0 atom stereocenters. The molecule has 23 heavy (non-hydrogen) atoms. The summed E-state index contributed by atoms with van der Waals surface area (Å²) in [6.45, 7) is -0.0182. The Kier molecular flexibility index (Phi) is 4.44. The lowest BCUT2D eigenvalue weighted by molar-refractivity contribution is 0.301. The van der Waals surface area contributed by atoms with E-state index in [2.05, 4.69) is 4.98 Å². The van der Waals surface area contributed by atoms with Gasteiger partial charge in [-0.15, -0.1) is 0 Å². The Labute approximate surface area is 138 Å². The lowest BCUT2D eigenvalue weighted by atomic mass is 10.1. The first-order valence-corrected chi connectivity index (χ1v) is 7.39. The number of hydrogen-bond donors (Lipinski definition) is 1. The first-order chi connectivity index (χ1) is 11.1. The predicted octanol–water partition coefficient (Wildman–Crippen LogP) is 4.70. The fourth-order valence-electron chi connectivity index (χ4n) is 2.18. The number of nitrogens with zero attached hydrogens (tertiary/aromatic N) is 1. The monoisotopic (exact) mass is 328 g/mol. The molecule has 3 nitrogen and oxygen atoms in total. The lowest BCUT2D eigenvalue weighted by Crippen LogP contribution is -2.03. The van der Waals surface area contributed by atoms with Crippen molar-refractivity contribution in [2.75, 3.05) is 5.73 Å². The minimum absolute atomic E-state index is 0.0182. The van der Waals surface area contributed by atoms with Crippen molar-refractivity contribution in [2.45, 2.75) is 6.61 Å². The summed E-state index contributed by atoms with van der Waals surface area (Å²) in [5.41, 5.74) is 8.00. The number of halogens is 2. The highest BCUT2D eigenvalue weighted by Crippen LogP contribution is 2.28. The number of benzene rings is 2. The Hall–Kier alpha value is -2.59. The molecule has 0 saturated carbocycles. The van der Waals surface area contributed by atoms with Crippen molar-refractivity contribution in [1.82, 2.24) is 4.98 Å². The van der Waals surface area contributed by atoms with Gasteiger partial charge in [0.1, 0.15) is 12.4 Å². The Balaban J connectivity index is 1.86. The fraction of sp³-hybridized carbons (Fsp3) is 0.0556. The van der Waals surface area contributed by atoms with Crippen molar-refractivity contribution in [3.8, 4) is 16.9 Å². The van der Waals surface area contributed by atoms with Gasteiger partial charge in [0.2, 0.25) is 0 Å². The lowest BCUT2D eigenvalue weighted by Gasteiger charge is -2.11. The van der Waals surface area contributed by atoms with Gasteiger partial charge in [-0.2, -0.15) is 0 Å². The maximum atomic E-state index is 13.8. The molecule has 0 aliphatic carbocycles. The minimum Gasteiger partial charge on any atom is -0.485 e. The number of pyridine rings is 1. The summed E-state index contributed by atoms with van der Waals surface area (Å²) in [5, 5.41) is 0.316. The van der Waals surface area contributed by atoms with Crippen LogP contribution in [-0.2, 0) is 6.61 Å². The topological polar surface area (TPSA) is 48.1 Å². The van der Waals surface area contributed by atoms with E-state index in [1.165, 1.54) is 6.07 Å². The van der Waals surface area contributed by atoms with E-state index in [1.807, 2.05) is 30.3 Å². The summed E-state index contributed by atoms with van der Waals surface area (Å²) < 4.78 is 19.4. The van der Waals surface area contributed by atoms with Gasteiger partial charge in [0.15, 0.2) is 11.6 Å². The molecule has 1 heterocycles. The maximum absolute atomic E-state index is 13.8. The number of ether oxygens (including phenoxy) is 1. The van der Waals surface area contributed by atoms with Crippen LogP contribution in [0.1, 0.15) is 5.56 Å². The molecule has 3 aromatic rings. The summed E-state index contributed by atoms with van der Waals surface area (Å²) in [5.74, 6) is 0.228. The second kappa shape index (κ2) is 6.67. The van der Waals surface area contributed by atoms with Crippen LogP contribution in [-0.4, -0.2) is 4.98 Å². The number of nitrogens with two attached hydrogens (primary N) is 1. The van der Waals surface area contributed by atoms with E-state index in [0.29, 0.717) is 16.3 Å². The molecule has 0 fully saturated rings. The van der Waals surface area contributed by atoms with Gasteiger partial charge in [-0.25, -0.2) is 9.37 Å². The summed E-state index contributed by atoms with van der Waals surface area (Å²) >= 11 is 6.00. The number of hydrogen-bond acceptors (Lipinski definition) is 3. The SMILES string of the molecule is Nc1ncc(-c2ccccc2)cc1OCc1c(F)cccc1Cl. The summed E-state index contributed by atoms with van der Waals surface area (Å²) in [6, 6.07) is 16.0. The Bertz CT molecular complexity index is 804. The number of aromatic nitrogens is 1. The molecule has 0 radical (unpaired) electrons. The van der Waals surface area contributed by atoms with Crippen molar-refractivity contribution in [2.24, 2.45) is 0 Å². The van der Waals surface area contributed by atoms with Gasteiger partial charge in [0.05, 0.1) is 5.02 Å². The van der Waals surface area contributed by atoms with Crippen LogP contribution in [0.2, 0.25) is 5.02 Å². The zero-order valence-electron chi connectivity index (χ0n) is 12.2. The van der Waals surface area contributed by atoms with Gasteiger partial charge in [-0.3, -0.25) is 0 Å². The molecule has 0 spiro atoms. The van der Waals surface area contributed by atoms with Crippen molar-refractivity contribution in [1.29, 1.82) is 0 Å². The van der Waals surface area contributed by atoms with Crippen LogP contribution in [0.3, 0.4) is 0 Å². The number of nitrogen functional groups attached to an aromatic ring is 1. The number of rotatable bonds is 4. The minimum atomic E-state index is -0.414. The summed E-state index contributed by atoms with van der Waals surface area (Å²) in [7, 11) is 0. The average molecular weight is 329 g/mol. The molecule has 0 unspecified atom stereocenters. The van der Waals surface area contributed by atoms with Gasteiger partial charge in [0, 0.05) is 17.3 Å². The molecular weight excluding hydrogens is 315 g/mol. The normalized spacial score (nSPS) is 10.5. The molecule has 0 bridgehead atoms. The molecule has 2 aromatic carbocycles. The zero-order valence-corrected chi connectivity index (χ0v) is 12.9. The molecule has 2 N–H and O–H groups in total. The Morgan fingerprint density at radius 3 is 2.57 bits per heavy atom. The van der Waals surface area contributed by atoms with Gasteiger partial charge < -0.3 is 10.5 Å². The molecule has 0 aliphatic rings. The van der Waals surface area contributed by atoms with Crippen LogP contribution in [0.4, 0.5) is 10.2 Å². The van der Waals surface area contributed by atoms with Crippen LogP contribution in [0, 0.1) is 5.82 Å². The van der Waals surface area contributed by atoms with Crippen molar-refractivity contribution in [3.05, 3.63) is 77.2 Å². The van der Waals surface area contributed by atoms with Crippen molar-refractivity contribution >= 4 is 17.4 Å². The quantitative estimate of drug-likeness (QED) is 0.755. The van der Waals surface area contributed by atoms with E-state index >= 15 is 0 Å². The van der Waals surface area contributed by atoms with Crippen molar-refractivity contribution < 1.29 is 9.13 Å². The van der Waals surface area contributed by atoms with Crippen LogP contribution in [0.25, 0.3) is 11.1 Å². The molecule has 1 aromatic heterocycles. The Morgan fingerprint density at radius 2 is 1.83 bits per heavy atom. The van der Waals surface area contributed by atoms with Crippen LogP contribution in [0.15, 0.2) is 60.8 Å². The summed E-state index contributed by atoms with van der Waals surface area (Å²) in [4.78, 5) is 4.14. The van der Waals surface area contributed by atoms with E-state index in [9.17, 15) is 4.39 Å². The highest BCUT2D eigenvalue weighted by atomic mass is 35.5. The first-order valence-electron chi connectivity index (χ1n) is 7.02. The van der Waals surface area contributed by atoms with Gasteiger partial charge in [-0.05, 0) is 23.8 Å². The second-order valence-corrected chi connectivity index (χ2v) is 5.37. The standard InChI is InChI=1S/C18H14ClFN2O/c19-15-7-4-8-16(20)14(15)11-23-17-9-13(10-22-18(17)21)12-5-2-1-3-6-12/h1-10H,11H2,(H2,21,22). The van der Waals surface area contributed by atoms with Crippen molar-refractivity contribution in [3.63, 3.8) is 0 Å². The first kappa shape index (κ1) is 15.3. The Morgan fingerprint density at radius 1 is 1.04 bits per heavy atom. The second-order valence-electron chi connectivity index (χ2n) is 4.96. The highest BCUT2D eigenvalue weighted by Gasteiger charge is 2.10. The van der Waals surface area contributed by atoms with Gasteiger partial charge in [0.25, 0.3) is 0 Å². The van der Waals surface area contributed by atoms with Gasteiger partial charge >= 0.3 is 0 Å². The van der Waals surface area contributed by atoms with Crippen LogP contribution >= 0.6 is 11.6 Å². The van der Waals surface area contributed by atoms with E-state index in [-0.39, 0.29) is 12.4 Å². The molecule has 0 amide bonds. The van der Waals surface area contributed by atoms with E-state index < -0.39 is 5.82 Å². The molecule has 116 valence electrons. The molecular formula is C18H14ClFN2O. The number of anilines is 1. The fourth-order valence-corrected chi connectivity index (χ4v) is 2.40. The van der Waals surface area contributed by atoms with E-state index in [4.69, 9.17) is 22.1 Å². The third-order valence-corrected chi connectivity index (χ3v) is 3.78.